The van der Waals surface area contributed by atoms with Gasteiger partial charge in [-0.1, -0.05) is 13.8 Å². The Labute approximate surface area is 147 Å². The Hall–Kier alpha value is -1.91. The molecule has 0 aliphatic carbocycles. The van der Waals surface area contributed by atoms with Crippen molar-refractivity contribution in [3.63, 3.8) is 0 Å². The number of aromatic amines is 1. The Morgan fingerprint density at radius 2 is 2.32 bits per heavy atom. The van der Waals surface area contributed by atoms with Crippen molar-refractivity contribution in [1.82, 2.24) is 19.5 Å². The van der Waals surface area contributed by atoms with Crippen LogP contribution in [0.2, 0.25) is 0 Å². The molecule has 0 saturated carbocycles. The first-order valence-electron chi connectivity index (χ1n) is 8.12. The number of nitrogens with zero attached hydrogens (tertiary/aromatic N) is 3. The van der Waals surface area contributed by atoms with Gasteiger partial charge in [0, 0.05) is 17.8 Å². The van der Waals surface area contributed by atoms with Crippen molar-refractivity contribution in [2.24, 2.45) is 5.92 Å². The molecule has 2 aromatic rings. The molecule has 0 aromatic carbocycles. The summed E-state index contributed by atoms with van der Waals surface area (Å²) in [5.41, 5.74) is 0.0113. The van der Waals surface area contributed by atoms with Crippen LogP contribution < -0.4 is 10.9 Å². The van der Waals surface area contributed by atoms with Crippen LogP contribution in [0, 0.1) is 5.92 Å². The van der Waals surface area contributed by atoms with Gasteiger partial charge in [0.2, 0.25) is 11.9 Å². The Bertz CT molecular complexity index is 833. The molecule has 3 rings (SSSR count). The number of hydrogen-bond acceptors (Lipinski definition) is 7. The number of thioether (sulfide) groups is 1. The number of aliphatic hydroxyl groups is 2. The zero-order chi connectivity index (χ0) is 18.1. The second kappa shape index (κ2) is 7.14. The zero-order valence-electron chi connectivity index (χ0n) is 14.0. The van der Waals surface area contributed by atoms with Crippen LogP contribution in [-0.4, -0.2) is 53.6 Å². The number of hydrogen-bond donors (Lipinski definition) is 4. The molecule has 2 aromatic heterocycles. The van der Waals surface area contributed by atoms with Gasteiger partial charge in [-0.05, 0) is 12.8 Å². The molecule has 0 unspecified atom stereocenters. The summed E-state index contributed by atoms with van der Waals surface area (Å²) in [6.07, 6.45) is 1.99. The molecule has 10 heteroatoms. The molecule has 0 radical (unpaired) electrons. The highest BCUT2D eigenvalue weighted by atomic mass is 32.2. The van der Waals surface area contributed by atoms with Crippen LogP contribution in [-0.2, 0) is 4.79 Å². The number of carbonyl (C=O) groups excluding carboxylic acids is 1. The van der Waals surface area contributed by atoms with Gasteiger partial charge in [0.05, 0.1) is 12.4 Å². The molecule has 25 heavy (non-hydrogen) atoms. The van der Waals surface area contributed by atoms with E-state index >= 15 is 0 Å². The van der Waals surface area contributed by atoms with Gasteiger partial charge < -0.3 is 10.2 Å². The number of carbonyl (C=O) groups is 1. The molecule has 0 bridgehead atoms. The summed E-state index contributed by atoms with van der Waals surface area (Å²) in [4.78, 5) is 34.9. The van der Waals surface area contributed by atoms with E-state index in [-0.39, 0.29) is 40.5 Å². The van der Waals surface area contributed by atoms with Gasteiger partial charge in [-0.3, -0.25) is 24.5 Å². The van der Waals surface area contributed by atoms with Crippen molar-refractivity contribution in [3.8, 4) is 0 Å². The van der Waals surface area contributed by atoms with Crippen molar-refractivity contribution in [3.05, 3.63) is 16.7 Å². The molecule has 1 aliphatic rings. The summed E-state index contributed by atoms with van der Waals surface area (Å²) >= 11 is 1.52. The highest BCUT2D eigenvalue weighted by Crippen LogP contribution is 2.43. The standard InChI is InChI=1S/C15H21N5O4S/c1-7(2)12(23)18-15-17-11-10(13(24)19-15)16-6-20(11)14-9(22)5-8(25-14)3-4-21/h6-9,14,21-22H,3-5H2,1-2H3,(H2,17,18,19,23,24)/t8-,9-,14-/m1/s1. The van der Waals surface area contributed by atoms with Gasteiger partial charge in [0.1, 0.15) is 5.37 Å². The van der Waals surface area contributed by atoms with Gasteiger partial charge in [0.25, 0.3) is 5.56 Å². The molecule has 3 atom stereocenters. The Balaban J connectivity index is 1.96. The highest BCUT2D eigenvalue weighted by Gasteiger charge is 2.35. The lowest BCUT2D eigenvalue weighted by Gasteiger charge is -2.16. The molecule has 3 heterocycles. The Morgan fingerprint density at radius 3 is 3.00 bits per heavy atom. The number of aromatic nitrogens is 4. The van der Waals surface area contributed by atoms with Crippen molar-refractivity contribution in [2.75, 3.05) is 11.9 Å². The highest BCUT2D eigenvalue weighted by molar-refractivity contribution is 8.00. The molecular weight excluding hydrogens is 346 g/mol. The largest absolute Gasteiger partial charge is 0.396 e. The number of imidazole rings is 1. The fourth-order valence-corrected chi connectivity index (χ4v) is 4.26. The second-order valence-electron chi connectivity index (χ2n) is 6.35. The smallest absolute Gasteiger partial charge is 0.280 e. The van der Waals surface area contributed by atoms with Gasteiger partial charge in [-0.15, -0.1) is 11.8 Å². The van der Waals surface area contributed by atoms with Crippen molar-refractivity contribution in [2.45, 2.75) is 43.4 Å². The lowest BCUT2D eigenvalue weighted by molar-refractivity contribution is -0.118. The van der Waals surface area contributed by atoms with Crippen LogP contribution >= 0.6 is 11.8 Å². The van der Waals surface area contributed by atoms with E-state index in [0.717, 1.165) is 0 Å². The molecule has 1 aliphatic heterocycles. The number of fused-ring (bicyclic) bond motifs is 1. The fraction of sp³-hybridized carbons (Fsp3) is 0.600. The normalized spacial score (nSPS) is 23.5. The number of rotatable bonds is 5. The Morgan fingerprint density at radius 1 is 1.56 bits per heavy atom. The van der Waals surface area contributed by atoms with Crippen molar-refractivity contribution < 1.29 is 15.0 Å². The maximum atomic E-state index is 12.2. The lowest BCUT2D eigenvalue weighted by Crippen LogP contribution is -2.23. The monoisotopic (exact) mass is 367 g/mol. The van der Waals surface area contributed by atoms with Gasteiger partial charge in [0.15, 0.2) is 11.2 Å². The van der Waals surface area contributed by atoms with E-state index < -0.39 is 11.7 Å². The average molecular weight is 367 g/mol. The SMILES string of the molecule is CC(C)C(=O)Nc1nc2c(ncn2[C@@H]2S[C@H](CCO)C[C@H]2O)c(=O)[nH]1. The molecule has 4 N–H and O–H groups in total. The van der Waals surface area contributed by atoms with Crippen molar-refractivity contribution in [1.29, 1.82) is 0 Å². The number of amides is 1. The quantitative estimate of drug-likeness (QED) is 0.603. The van der Waals surface area contributed by atoms with Gasteiger partial charge >= 0.3 is 0 Å². The number of H-pyrrole nitrogens is 1. The number of anilines is 1. The third-order valence-electron chi connectivity index (χ3n) is 4.09. The minimum atomic E-state index is -0.631. The minimum absolute atomic E-state index is 0.0577. The van der Waals surface area contributed by atoms with Crippen LogP contribution in [0.5, 0.6) is 0 Å². The number of aliphatic hydroxyl groups excluding tert-OH is 2. The van der Waals surface area contributed by atoms with E-state index in [9.17, 15) is 14.7 Å². The maximum Gasteiger partial charge on any atom is 0.280 e. The summed E-state index contributed by atoms with van der Waals surface area (Å²) in [5, 5.41) is 21.8. The van der Waals surface area contributed by atoms with Crippen LogP contribution in [0.4, 0.5) is 5.95 Å². The summed E-state index contributed by atoms with van der Waals surface area (Å²) in [5.74, 6) is -0.452. The summed E-state index contributed by atoms with van der Waals surface area (Å²) < 4.78 is 1.66. The van der Waals surface area contributed by atoms with E-state index in [1.165, 1.54) is 18.1 Å². The fourth-order valence-electron chi connectivity index (χ4n) is 2.74. The Kier molecular flexibility index (Phi) is 5.11. The van der Waals surface area contributed by atoms with Crippen LogP contribution in [0.25, 0.3) is 11.2 Å². The predicted molar refractivity (Wildman–Crippen MR) is 94.4 cm³/mol. The second-order valence-corrected chi connectivity index (χ2v) is 7.77. The molecule has 1 amide bonds. The minimum Gasteiger partial charge on any atom is -0.396 e. The summed E-state index contributed by atoms with van der Waals surface area (Å²) in [6.45, 7) is 3.54. The third-order valence-corrected chi connectivity index (χ3v) is 5.72. The summed E-state index contributed by atoms with van der Waals surface area (Å²) in [6, 6.07) is 0. The first-order valence-corrected chi connectivity index (χ1v) is 9.07. The molecule has 136 valence electrons. The topological polar surface area (TPSA) is 133 Å². The van der Waals surface area contributed by atoms with E-state index in [4.69, 9.17) is 5.11 Å². The van der Waals surface area contributed by atoms with Gasteiger partial charge in [-0.2, -0.15) is 4.98 Å². The van der Waals surface area contributed by atoms with Crippen molar-refractivity contribution >= 4 is 34.8 Å². The number of nitrogens with one attached hydrogen (secondary N) is 2. The van der Waals surface area contributed by atoms with Gasteiger partial charge in [-0.25, -0.2) is 4.98 Å². The first-order chi connectivity index (χ1) is 11.9. The summed E-state index contributed by atoms with van der Waals surface area (Å²) in [7, 11) is 0. The molecule has 1 saturated heterocycles. The molecule has 9 nitrogen and oxygen atoms in total. The zero-order valence-corrected chi connectivity index (χ0v) is 14.8. The lowest BCUT2D eigenvalue weighted by atomic mass is 10.1. The first kappa shape index (κ1) is 17.9. The van der Waals surface area contributed by atoms with Crippen LogP contribution in [0.15, 0.2) is 11.1 Å². The van der Waals surface area contributed by atoms with E-state index in [1.54, 1.807) is 18.4 Å². The van der Waals surface area contributed by atoms with E-state index in [0.29, 0.717) is 18.5 Å². The predicted octanol–water partition coefficient (Wildman–Crippen LogP) is 0.461. The average Bonchev–Trinajstić information content (AvgIpc) is 3.11. The molecule has 1 fully saturated rings. The van der Waals surface area contributed by atoms with Crippen LogP contribution in [0.3, 0.4) is 0 Å². The van der Waals surface area contributed by atoms with E-state index in [2.05, 4.69) is 20.3 Å². The van der Waals surface area contributed by atoms with E-state index in [1.807, 2.05) is 0 Å². The maximum absolute atomic E-state index is 12.2. The van der Waals surface area contributed by atoms with Crippen LogP contribution in [0.1, 0.15) is 32.1 Å². The third kappa shape index (κ3) is 3.55. The molecule has 0 spiro atoms. The molecular formula is C15H21N5O4S.